The molecule has 1 unspecified atom stereocenters. The number of pyridine rings is 1. The Kier molecular flexibility index (Phi) is 5.82. The molecule has 0 fully saturated rings. The van der Waals surface area contributed by atoms with Crippen LogP contribution in [0.1, 0.15) is 49.8 Å². The molecule has 2 aliphatic rings. The number of aliphatic imine (C=N–C) groups is 1. The van der Waals surface area contributed by atoms with Crippen LogP contribution in [0.15, 0.2) is 64.9 Å². The molecule has 0 N–H and O–H groups in total. The molecule has 1 aromatic carbocycles. The first kappa shape index (κ1) is 20.5. The van der Waals surface area contributed by atoms with Crippen molar-refractivity contribution in [3.05, 3.63) is 76.2 Å². The van der Waals surface area contributed by atoms with E-state index in [4.69, 9.17) is 21.3 Å². The van der Waals surface area contributed by atoms with E-state index in [2.05, 4.69) is 4.98 Å². The minimum Gasteiger partial charge on any atom is -0.465 e. The molecule has 2 aromatic rings. The van der Waals surface area contributed by atoms with E-state index in [1.165, 1.54) is 0 Å². The lowest BCUT2D eigenvalue weighted by molar-refractivity contribution is -0.146. The number of aromatic nitrogens is 1. The Morgan fingerprint density at radius 1 is 1.17 bits per heavy atom. The SMILES string of the molecule is CCOC(=O)C1C(C)=NC2=C(C(=O)C[C@@H](c3ccc(Cl)cc3)C2)[C@H]1c1ccccn1. The van der Waals surface area contributed by atoms with Gasteiger partial charge >= 0.3 is 5.97 Å². The topological polar surface area (TPSA) is 68.6 Å². The molecule has 0 amide bonds. The van der Waals surface area contributed by atoms with Gasteiger partial charge in [0.05, 0.1) is 12.5 Å². The first-order chi connectivity index (χ1) is 14.5. The van der Waals surface area contributed by atoms with Crippen molar-refractivity contribution < 1.29 is 14.3 Å². The van der Waals surface area contributed by atoms with E-state index in [1.807, 2.05) is 49.4 Å². The summed E-state index contributed by atoms with van der Waals surface area (Å²) in [5, 5.41) is 0.666. The Labute approximate surface area is 180 Å². The molecule has 30 heavy (non-hydrogen) atoms. The minimum absolute atomic E-state index is 0.0115. The summed E-state index contributed by atoms with van der Waals surface area (Å²) in [5.41, 5.74) is 3.76. The average molecular weight is 423 g/mol. The quantitative estimate of drug-likeness (QED) is 0.659. The number of ketones is 1. The average Bonchev–Trinajstić information content (AvgIpc) is 2.74. The fourth-order valence-corrected chi connectivity index (χ4v) is 4.57. The highest BCUT2D eigenvalue weighted by molar-refractivity contribution is 6.30. The van der Waals surface area contributed by atoms with Crippen LogP contribution in [0.2, 0.25) is 5.02 Å². The second-order valence-electron chi connectivity index (χ2n) is 7.66. The number of carbonyl (C=O) groups is 2. The zero-order chi connectivity index (χ0) is 21.3. The van der Waals surface area contributed by atoms with Gasteiger partial charge in [0.2, 0.25) is 0 Å². The third-order valence-corrected chi connectivity index (χ3v) is 6.03. The van der Waals surface area contributed by atoms with E-state index >= 15 is 0 Å². The fraction of sp³-hybridized carbons (Fsp3) is 0.333. The van der Waals surface area contributed by atoms with Crippen LogP contribution >= 0.6 is 11.6 Å². The number of esters is 1. The molecule has 154 valence electrons. The largest absolute Gasteiger partial charge is 0.465 e. The van der Waals surface area contributed by atoms with Crippen LogP contribution in [0.25, 0.3) is 0 Å². The molecule has 1 aliphatic carbocycles. The highest BCUT2D eigenvalue weighted by Crippen LogP contribution is 2.46. The van der Waals surface area contributed by atoms with Crippen molar-refractivity contribution in [1.82, 2.24) is 4.98 Å². The molecule has 4 rings (SSSR count). The van der Waals surface area contributed by atoms with E-state index in [0.29, 0.717) is 34.8 Å². The van der Waals surface area contributed by atoms with Crippen molar-refractivity contribution in [3.8, 4) is 0 Å². The van der Waals surface area contributed by atoms with Gasteiger partial charge in [-0.25, -0.2) is 0 Å². The molecule has 1 aliphatic heterocycles. The third-order valence-electron chi connectivity index (χ3n) is 5.78. The lowest BCUT2D eigenvalue weighted by atomic mass is 9.70. The molecular formula is C24H23ClN2O3. The number of hydrogen-bond donors (Lipinski definition) is 0. The van der Waals surface area contributed by atoms with E-state index in [-0.39, 0.29) is 24.3 Å². The Balaban J connectivity index is 1.78. The van der Waals surface area contributed by atoms with E-state index in [1.54, 1.807) is 13.1 Å². The van der Waals surface area contributed by atoms with Crippen LogP contribution in [-0.4, -0.2) is 29.1 Å². The molecule has 0 spiro atoms. The zero-order valence-electron chi connectivity index (χ0n) is 17.0. The molecule has 1 aromatic heterocycles. The summed E-state index contributed by atoms with van der Waals surface area (Å²) in [5.74, 6) is -1.44. The molecule has 6 heteroatoms. The number of halogens is 1. The van der Waals surface area contributed by atoms with Crippen LogP contribution in [0.3, 0.4) is 0 Å². The number of allylic oxidation sites excluding steroid dienone is 2. The number of carbonyl (C=O) groups excluding carboxylic acids is 2. The second kappa shape index (κ2) is 8.52. The molecule has 2 heterocycles. The van der Waals surface area contributed by atoms with Crippen molar-refractivity contribution in [2.45, 2.75) is 38.5 Å². The van der Waals surface area contributed by atoms with E-state index in [9.17, 15) is 9.59 Å². The van der Waals surface area contributed by atoms with Gasteiger partial charge < -0.3 is 4.74 Å². The highest BCUT2D eigenvalue weighted by atomic mass is 35.5. The maximum atomic E-state index is 13.4. The lowest BCUT2D eigenvalue weighted by Gasteiger charge is -2.36. The number of nitrogens with zero attached hydrogens (tertiary/aromatic N) is 2. The summed E-state index contributed by atoms with van der Waals surface area (Å²) >= 11 is 6.02. The predicted molar refractivity (Wildman–Crippen MR) is 116 cm³/mol. The second-order valence-corrected chi connectivity index (χ2v) is 8.09. The zero-order valence-corrected chi connectivity index (χ0v) is 17.7. The van der Waals surface area contributed by atoms with Crippen LogP contribution < -0.4 is 0 Å². The first-order valence-corrected chi connectivity index (χ1v) is 10.5. The fourth-order valence-electron chi connectivity index (χ4n) is 4.45. The molecule has 3 atom stereocenters. The number of ether oxygens (including phenoxy) is 1. The van der Waals surface area contributed by atoms with E-state index in [0.717, 1.165) is 11.3 Å². The van der Waals surface area contributed by atoms with Crippen LogP contribution in [0.4, 0.5) is 0 Å². The monoisotopic (exact) mass is 422 g/mol. The summed E-state index contributed by atoms with van der Waals surface area (Å²) in [7, 11) is 0. The Morgan fingerprint density at radius 3 is 2.60 bits per heavy atom. The van der Waals surface area contributed by atoms with Crippen molar-refractivity contribution in [2.75, 3.05) is 6.61 Å². The van der Waals surface area contributed by atoms with Crippen LogP contribution in [0, 0.1) is 5.92 Å². The smallest absolute Gasteiger partial charge is 0.315 e. The number of benzene rings is 1. The minimum atomic E-state index is -0.644. The maximum Gasteiger partial charge on any atom is 0.315 e. The molecule has 5 nitrogen and oxygen atoms in total. The van der Waals surface area contributed by atoms with Gasteiger partial charge in [0.25, 0.3) is 0 Å². The first-order valence-electron chi connectivity index (χ1n) is 10.1. The van der Waals surface area contributed by atoms with Crippen LogP contribution in [0.5, 0.6) is 0 Å². The molecule has 0 saturated carbocycles. The number of Topliss-reactive ketones (excluding diaryl/α,β-unsaturated/α-hetero) is 1. The van der Waals surface area contributed by atoms with Crippen LogP contribution in [-0.2, 0) is 14.3 Å². The number of hydrogen-bond acceptors (Lipinski definition) is 5. The molecular weight excluding hydrogens is 400 g/mol. The summed E-state index contributed by atoms with van der Waals surface area (Å²) in [6.07, 6.45) is 2.69. The van der Waals surface area contributed by atoms with Gasteiger partial charge in [0.1, 0.15) is 5.92 Å². The standard InChI is InChI=1S/C24H23ClN2O3/c1-3-30-24(29)21-14(2)27-19-12-16(15-7-9-17(25)10-8-15)13-20(28)22(19)23(21)18-6-4-5-11-26-18/h4-11,16,21,23H,3,12-13H2,1-2H3/t16-,21?,23-/m0/s1. The van der Waals surface area contributed by atoms with Crippen molar-refractivity contribution in [2.24, 2.45) is 10.9 Å². The van der Waals surface area contributed by atoms with E-state index < -0.39 is 11.8 Å². The summed E-state index contributed by atoms with van der Waals surface area (Å²) in [6, 6.07) is 13.2. The van der Waals surface area contributed by atoms with Crippen molar-refractivity contribution in [3.63, 3.8) is 0 Å². The Hall–Kier alpha value is -2.79. The van der Waals surface area contributed by atoms with Gasteiger partial charge in [-0.1, -0.05) is 29.8 Å². The van der Waals surface area contributed by atoms with Gasteiger partial charge in [-0.3, -0.25) is 19.6 Å². The number of rotatable bonds is 4. The Morgan fingerprint density at radius 2 is 1.93 bits per heavy atom. The molecule has 0 radical (unpaired) electrons. The van der Waals surface area contributed by atoms with Crippen molar-refractivity contribution >= 4 is 29.1 Å². The summed E-state index contributed by atoms with van der Waals surface area (Å²) < 4.78 is 5.33. The predicted octanol–water partition coefficient (Wildman–Crippen LogP) is 4.87. The highest BCUT2D eigenvalue weighted by Gasteiger charge is 2.45. The van der Waals surface area contributed by atoms with Gasteiger partial charge in [0.15, 0.2) is 5.78 Å². The van der Waals surface area contributed by atoms with Gasteiger partial charge in [-0.05, 0) is 56.0 Å². The van der Waals surface area contributed by atoms with Crippen molar-refractivity contribution in [1.29, 1.82) is 0 Å². The third kappa shape index (κ3) is 3.82. The summed E-state index contributed by atoms with van der Waals surface area (Å²) in [4.78, 5) is 35.4. The van der Waals surface area contributed by atoms with Gasteiger partial charge in [-0.15, -0.1) is 0 Å². The Bertz CT molecular complexity index is 1030. The molecule has 0 bridgehead atoms. The summed E-state index contributed by atoms with van der Waals surface area (Å²) in [6.45, 7) is 3.88. The molecule has 0 saturated heterocycles. The maximum absolute atomic E-state index is 13.4. The normalized spacial score (nSPS) is 23.6. The van der Waals surface area contributed by atoms with Gasteiger partial charge in [0, 0.05) is 40.3 Å². The lowest BCUT2D eigenvalue weighted by Crippen LogP contribution is -2.38. The van der Waals surface area contributed by atoms with Gasteiger partial charge in [-0.2, -0.15) is 0 Å².